The lowest BCUT2D eigenvalue weighted by molar-refractivity contribution is -0.105. The van der Waals surface area contributed by atoms with E-state index < -0.39 is 0 Å². The van der Waals surface area contributed by atoms with Gasteiger partial charge < -0.3 is 9.88 Å². The molecule has 0 aliphatic rings. The lowest BCUT2D eigenvalue weighted by Crippen LogP contribution is -1.99. The number of hydrogen-bond acceptors (Lipinski definition) is 1. The molecule has 3 rings (SSSR count). The number of nitrogens with one attached hydrogen (secondary N) is 1. The molecule has 106 valence electrons. The first-order valence-corrected chi connectivity index (χ1v) is 7.17. The zero-order chi connectivity index (χ0) is 14.7. The van der Waals surface area contributed by atoms with E-state index in [0.717, 1.165) is 36.0 Å². The average Bonchev–Trinajstić information content (AvgIpc) is 2.93. The number of carbonyl (C=O) groups excluding carboxylic acids is 1. The molecule has 2 aromatic carbocycles. The van der Waals surface area contributed by atoms with Crippen LogP contribution < -0.4 is 5.32 Å². The van der Waals surface area contributed by atoms with Crippen molar-refractivity contribution in [2.45, 2.75) is 19.9 Å². The van der Waals surface area contributed by atoms with Gasteiger partial charge in [0.25, 0.3) is 0 Å². The minimum Gasteiger partial charge on any atom is -0.343 e. The lowest BCUT2D eigenvalue weighted by atomic mass is 10.1. The van der Waals surface area contributed by atoms with Crippen LogP contribution in [0.3, 0.4) is 0 Å². The van der Waals surface area contributed by atoms with Gasteiger partial charge >= 0.3 is 0 Å². The second-order valence-corrected chi connectivity index (χ2v) is 5.11. The van der Waals surface area contributed by atoms with Gasteiger partial charge in [-0.05, 0) is 35.7 Å². The number of carbonyl (C=O) groups is 1. The third-order valence-corrected chi connectivity index (χ3v) is 3.81. The molecule has 3 aromatic rings. The summed E-state index contributed by atoms with van der Waals surface area (Å²) >= 11 is 0. The highest BCUT2D eigenvalue weighted by Crippen LogP contribution is 2.24. The Morgan fingerprint density at radius 1 is 1.05 bits per heavy atom. The third-order valence-electron chi connectivity index (χ3n) is 3.81. The fourth-order valence-electron chi connectivity index (χ4n) is 2.63. The van der Waals surface area contributed by atoms with Gasteiger partial charge in [0.1, 0.15) is 0 Å². The van der Waals surface area contributed by atoms with E-state index in [-0.39, 0.29) is 0 Å². The molecule has 0 spiro atoms. The molecule has 0 unspecified atom stereocenters. The van der Waals surface area contributed by atoms with Crippen LogP contribution in [0.25, 0.3) is 10.9 Å². The largest absolute Gasteiger partial charge is 0.343 e. The van der Waals surface area contributed by atoms with Crippen molar-refractivity contribution in [3.63, 3.8) is 0 Å². The van der Waals surface area contributed by atoms with Gasteiger partial charge in [-0.15, -0.1) is 0 Å². The molecule has 0 aliphatic heterocycles. The maximum atomic E-state index is 10.7. The van der Waals surface area contributed by atoms with Crippen LogP contribution >= 0.6 is 0 Å². The van der Waals surface area contributed by atoms with Crippen LogP contribution in [-0.4, -0.2) is 11.0 Å². The summed E-state index contributed by atoms with van der Waals surface area (Å²) < 4.78 is 2.20. The number of aromatic nitrogens is 1. The van der Waals surface area contributed by atoms with Gasteiger partial charge in [-0.2, -0.15) is 0 Å². The SMILES string of the molecule is CCc1ccc(Cn2ccc3c(NC=O)cccc32)cc1. The Bertz CT molecular complexity index is 756. The van der Waals surface area contributed by atoms with Crippen LogP contribution in [0.2, 0.25) is 0 Å². The molecule has 0 saturated carbocycles. The van der Waals surface area contributed by atoms with Gasteiger partial charge in [-0.1, -0.05) is 37.3 Å². The lowest BCUT2D eigenvalue weighted by Gasteiger charge is -2.08. The molecule has 0 radical (unpaired) electrons. The first kappa shape index (κ1) is 13.4. The standard InChI is InChI=1S/C18H18N2O/c1-2-14-6-8-15(9-7-14)12-20-11-10-16-17(19-13-21)4-3-5-18(16)20/h3-11,13H,2,12H2,1H3,(H,19,21). The molecule has 1 amide bonds. The molecule has 1 N–H and O–H groups in total. The molecular formula is C18H18N2O. The number of hydrogen-bond donors (Lipinski definition) is 1. The van der Waals surface area contributed by atoms with Gasteiger partial charge in [0.15, 0.2) is 0 Å². The van der Waals surface area contributed by atoms with E-state index in [1.54, 1.807) is 0 Å². The minimum atomic E-state index is 0.718. The number of anilines is 1. The molecule has 3 heteroatoms. The highest BCUT2D eigenvalue weighted by atomic mass is 16.1. The van der Waals surface area contributed by atoms with E-state index in [4.69, 9.17) is 0 Å². The predicted octanol–water partition coefficient (Wildman–Crippen LogP) is 3.82. The Kier molecular flexibility index (Phi) is 3.73. The summed E-state index contributed by atoms with van der Waals surface area (Å²) in [7, 11) is 0. The number of benzene rings is 2. The van der Waals surface area contributed by atoms with Crippen molar-refractivity contribution < 1.29 is 4.79 Å². The van der Waals surface area contributed by atoms with Gasteiger partial charge in [0.05, 0.1) is 5.52 Å². The maximum absolute atomic E-state index is 10.7. The van der Waals surface area contributed by atoms with Crippen molar-refractivity contribution in [3.05, 3.63) is 65.9 Å². The molecule has 0 fully saturated rings. The third kappa shape index (κ3) is 2.68. The van der Waals surface area contributed by atoms with E-state index in [0.29, 0.717) is 0 Å². The van der Waals surface area contributed by atoms with E-state index in [2.05, 4.69) is 53.3 Å². The molecule has 21 heavy (non-hydrogen) atoms. The van der Waals surface area contributed by atoms with E-state index in [9.17, 15) is 4.79 Å². The van der Waals surface area contributed by atoms with Gasteiger partial charge in [0, 0.05) is 23.8 Å². The number of fused-ring (bicyclic) bond motifs is 1. The van der Waals surface area contributed by atoms with Crippen molar-refractivity contribution in [3.8, 4) is 0 Å². The van der Waals surface area contributed by atoms with Crippen molar-refractivity contribution in [1.82, 2.24) is 4.57 Å². The number of rotatable bonds is 5. The molecule has 3 nitrogen and oxygen atoms in total. The molecule has 0 atom stereocenters. The van der Waals surface area contributed by atoms with Crippen molar-refractivity contribution in [1.29, 1.82) is 0 Å². The van der Waals surface area contributed by atoms with E-state index in [1.165, 1.54) is 11.1 Å². The summed E-state index contributed by atoms with van der Waals surface area (Å²) in [5.74, 6) is 0. The summed E-state index contributed by atoms with van der Waals surface area (Å²) in [6.45, 7) is 2.99. The fraction of sp³-hybridized carbons (Fsp3) is 0.167. The van der Waals surface area contributed by atoms with Crippen LogP contribution in [0.15, 0.2) is 54.7 Å². The smallest absolute Gasteiger partial charge is 0.211 e. The maximum Gasteiger partial charge on any atom is 0.211 e. The minimum absolute atomic E-state index is 0.718. The normalized spacial score (nSPS) is 10.7. The van der Waals surface area contributed by atoms with Gasteiger partial charge in [0.2, 0.25) is 6.41 Å². The second kappa shape index (κ2) is 5.83. The topological polar surface area (TPSA) is 34.0 Å². The monoisotopic (exact) mass is 278 g/mol. The number of nitrogens with zero attached hydrogens (tertiary/aromatic N) is 1. The first-order valence-electron chi connectivity index (χ1n) is 7.17. The van der Waals surface area contributed by atoms with Gasteiger partial charge in [-0.25, -0.2) is 0 Å². The Morgan fingerprint density at radius 2 is 1.81 bits per heavy atom. The van der Waals surface area contributed by atoms with Crippen LogP contribution in [0, 0.1) is 0 Å². The number of aryl methyl sites for hydroxylation is 1. The van der Waals surface area contributed by atoms with Crippen molar-refractivity contribution in [2.75, 3.05) is 5.32 Å². The second-order valence-electron chi connectivity index (χ2n) is 5.11. The zero-order valence-electron chi connectivity index (χ0n) is 12.0. The quantitative estimate of drug-likeness (QED) is 0.707. The summed E-state index contributed by atoms with van der Waals surface area (Å²) in [6, 6.07) is 16.7. The van der Waals surface area contributed by atoms with Crippen LogP contribution in [-0.2, 0) is 17.8 Å². The first-order chi connectivity index (χ1) is 10.3. The molecule has 0 bridgehead atoms. The summed E-state index contributed by atoms with van der Waals surface area (Å²) in [6.07, 6.45) is 3.84. The van der Waals surface area contributed by atoms with E-state index >= 15 is 0 Å². The van der Waals surface area contributed by atoms with Crippen molar-refractivity contribution >= 4 is 23.0 Å². The Labute approximate surface area is 124 Å². The summed E-state index contributed by atoms with van der Waals surface area (Å²) in [4.78, 5) is 10.7. The molecule has 1 aromatic heterocycles. The highest BCUT2D eigenvalue weighted by Gasteiger charge is 2.05. The Balaban J connectivity index is 1.93. The Hall–Kier alpha value is -2.55. The van der Waals surface area contributed by atoms with E-state index in [1.807, 2.05) is 18.2 Å². The van der Waals surface area contributed by atoms with Crippen LogP contribution in [0.4, 0.5) is 5.69 Å². The van der Waals surface area contributed by atoms with Gasteiger partial charge in [-0.3, -0.25) is 4.79 Å². The molecule has 1 heterocycles. The van der Waals surface area contributed by atoms with Crippen LogP contribution in [0.1, 0.15) is 18.1 Å². The molecule has 0 saturated heterocycles. The molecular weight excluding hydrogens is 260 g/mol. The van der Waals surface area contributed by atoms with Crippen molar-refractivity contribution in [2.24, 2.45) is 0 Å². The summed E-state index contributed by atoms with van der Waals surface area (Å²) in [5.41, 5.74) is 4.61. The summed E-state index contributed by atoms with van der Waals surface area (Å²) in [5, 5.41) is 3.81. The predicted molar refractivity (Wildman–Crippen MR) is 86.5 cm³/mol. The zero-order valence-corrected chi connectivity index (χ0v) is 12.0. The highest BCUT2D eigenvalue weighted by molar-refractivity contribution is 5.96. The Morgan fingerprint density at radius 3 is 2.52 bits per heavy atom. The van der Waals surface area contributed by atoms with Crippen LogP contribution in [0.5, 0.6) is 0 Å². The average molecular weight is 278 g/mol. The fourth-order valence-corrected chi connectivity index (χ4v) is 2.63. The number of amides is 1. The molecule has 0 aliphatic carbocycles.